The quantitative estimate of drug-likeness (QED) is 0.413. The van der Waals surface area contributed by atoms with E-state index in [4.69, 9.17) is 9.47 Å². The van der Waals surface area contributed by atoms with Crippen LogP contribution < -0.4 is 0 Å². The Bertz CT molecular complexity index is 1160. The Kier molecular flexibility index (Phi) is 6.28. The van der Waals surface area contributed by atoms with Crippen molar-refractivity contribution in [2.45, 2.75) is 12.1 Å². The van der Waals surface area contributed by atoms with E-state index in [1.54, 1.807) is 41.9 Å². The topological polar surface area (TPSA) is 95.7 Å². The standard InChI is InChI=1S/C21H18N4O4S2/c1-3-29-20(27)15(11-13-6-8-14(9-7-13)19(26)28-2)16-12-31-21-23-22-18(25(21)24-16)17-5-4-10-30-17/h4-11H,3,12H2,1-2H3/b15-11-. The maximum atomic E-state index is 12.7. The van der Waals surface area contributed by atoms with E-state index in [0.29, 0.717) is 33.6 Å². The van der Waals surface area contributed by atoms with Crippen molar-refractivity contribution in [2.75, 3.05) is 19.5 Å². The first-order valence-corrected chi connectivity index (χ1v) is 11.2. The van der Waals surface area contributed by atoms with E-state index in [9.17, 15) is 9.59 Å². The van der Waals surface area contributed by atoms with Crippen molar-refractivity contribution in [1.82, 2.24) is 14.9 Å². The number of carbonyl (C=O) groups excluding carboxylic acids is 2. The summed E-state index contributed by atoms with van der Waals surface area (Å²) >= 11 is 2.99. The number of ether oxygens (including phenoxy) is 2. The van der Waals surface area contributed by atoms with E-state index in [1.165, 1.54) is 30.2 Å². The van der Waals surface area contributed by atoms with E-state index < -0.39 is 11.9 Å². The summed E-state index contributed by atoms with van der Waals surface area (Å²) in [6.07, 6.45) is 1.71. The first-order valence-electron chi connectivity index (χ1n) is 9.38. The highest BCUT2D eigenvalue weighted by Gasteiger charge is 2.26. The largest absolute Gasteiger partial charge is 0.465 e. The summed E-state index contributed by atoms with van der Waals surface area (Å²) in [6.45, 7) is 2.00. The Labute approximate surface area is 186 Å². The molecule has 0 saturated heterocycles. The van der Waals surface area contributed by atoms with Gasteiger partial charge < -0.3 is 9.47 Å². The Balaban J connectivity index is 1.73. The summed E-state index contributed by atoms with van der Waals surface area (Å²) < 4.78 is 11.7. The normalized spacial score (nSPS) is 13.4. The molecular weight excluding hydrogens is 436 g/mol. The molecule has 0 amide bonds. The molecule has 31 heavy (non-hydrogen) atoms. The van der Waals surface area contributed by atoms with Gasteiger partial charge in [0.15, 0.2) is 5.82 Å². The zero-order valence-electron chi connectivity index (χ0n) is 16.8. The molecule has 1 aliphatic heterocycles. The molecule has 8 nitrogen and oxygen atoms in total. The molecule has 0 spiro atoms. The van der Waals surface area contributed by atoms with Crippen molar-refractivity contribution in [3.05, 3.63) is 58.5 Å². The highest BCUT2D eigenvalue weighted by Crippen LogP contribution is 2.31. The SMILES string of the molecule is CCOC(=O)/C(=C\c1ccc(C(=O)OC)cc1)C1=Nn2c(nnc2-c2cccs2)SC1. The third-order valence-electron chi connectivity index (χ3n) is 4.36. The first kappa shape index (κ1) is 21.0. The smallest absolute Gasteiger partial charge is 0.340 e. The van der Waals surface area contributed by atoms with Crippen molar-refractivity contribution < 1.29 is 19.1 Å². The van der Waals surface area contributed by atoms with Gasteiger partial charge in [-0.15, -0.1) is 21.5 Å². The number of thiophene rings is 1. The lowest BCUT2D eigenvalue weighted by Crippen LogP contribution is -2.21. The van der Waals surface area contributed by atoms with Gasteiger partial charge in [0.05, 0.1) is 35.4 Å². The molecule has 0 N–H and O–H groups in total. The van der Waals surface area contributed by atoms with E-state index in [0.717, 1.165) is 10.4 Å². The van der Waals surface area contributed by atoms with Gasteiger partial charge in [0, 0.05) is 5.75 Å². The van der Waals surface area contributed by atoms with Crippen LogP contribution in [0.3, 0.4) is 0 Å². The second-order valence-corrected chi connectivity index (χ2v) is 8.21. The summed E-state index contributed by atoms with van der Waals surface area (Å²) in [5.74, 6) is 0.192. The predicted molar refractivity (Wildman–Crippen MR) is 119 cm³/mol. The molecule has 0 bridgehead atoms. The molecule has 0 aliphatic carbocycles. The zero-order chi connectivity index (χ0) is 21.8. The second kappa shape index (κ2) is 9.27. The Hall–Kier alpha value is -3.24. The lowest BCUT2D eigenvalue weighted by Gasteiger charge is -2.15. The molecule has 1 aliphatic rings. The molecule has 0 fully saturated rings. The lowest BCUT2D eigenvalue weighted by atomic mass is 10.1. The number of aromatic nitrogens is 3. The van der Waals surface area contributed by atoms with E-state index in [2.05, 4.69) is 15.3 Å². The summed E-state index contributed by atoms with van der Waals surface area (Å²) in [7, 11) is 1.33. The Morgan fingerprint density at radius 1 is 1.19 bits per heavy atom. The number of nitrogens with zero attached hydrogens (tertiary/aromatic N) is 4. The van der Waals surface area contributed by atoms with Gasteiger partial charge in [-0.3, -0.25) is 0 Å². The van der Waals surface area contributed by atoms with Crippen LogP contribution in [0.15, 0.2) is 57.6 Å². The average molecular weight is 455 g/mol. The molecule has 10 heteroatoms. The van der Waals surface area contributed by atoms with Crippen molar-refractivity contribution in [3.63, 3.8) is 0 Å². The van der Waals surface area contributed by atoms with E-state index >= 15 is 0 Å². The molecule has 158 valence electrons. The minimum absolute atomic E-state index is 0.246. The van der Waals surface area contributed by atoms with Gasteiger partial charge in [-0.2, -0.15) is 9.78 Å². The van der Waals surface area contributed by atoms with Gasteiger partial charge in [-0.25, -0.2) is 9.59 Å². The molecule has 4 rings (SSSR count). The lowest BCUT2D eigenvalue weighted by molar-refractivity contribution is -0.137. The highest BCUT2D eigenvalue weighted by molar-refractivity contribution is 7.99. The number of rotatable bonds is 6. The summed E-state index contributed by atoms with van der Waals surface area (Å²) in [5, 5.41) is 15.7. The molecule has 2 aromatic heterocycles. The molecule has 0 atom stereocenters. The number of benzene rings is 1. The van der Waals surface area contributed by atoms with Crippen molar-refractivity contribution in [1.29, 1.82) is 0 Å². The van der Waals surface area contributed by atoms with Gasteiger partial charge in [0.2, 0.25) is 5.16 Å². The molecule has 3 aromatic rings. The molecule has 3 heterocycles. The van der Waals surface area contributed by atoms with Crippen LogP contribution >= 0.6 is 23.1 Å². The summed E-state index contributed by atoms with van der Waals surface area (Å²) in [6, 6.07) is 10.6. The third kappa shape index (κ3) is 4.44. The number of esters is 2. The van der Waals surface area contributed by atoms with Crippen LogP contribution in [0.1, 0.15) is 22.8 Å². The minimum Gasteiger partial charge on any atom is -0.465 e. The zero-order valence-corrected chi connectivity index (χ0v) is 18.4. The fourth-order valence-corrected chi connectivity index (χ4v) is 4.41. The van der Waals surface area contributed by atoms with Crippen molar-refractivity contribution in [3.8, 4) is 10.7 Å². The van der Waals surface area contributed by atoms with Gasteiger partial charge in [-0.1, -0.05) is 30.0 Å². The number of hydrogen-bond acceptors (Lipinski definition) is 9. The molecule has 0 unspecified atom stereocenters. The van der Waals surface area contributed by atoms with Crippen LogP contribution in [0, 0.1) is 0 Å². The maximum Gasteiger partial charge on any atom is 0.340 e. The monoisotopic (exact) mass is 454 g/mol. The summed E-state index contributed by atoms with van der Waals surface area (Å²) in [4.78, 5) is 25.3. The van der Waals surface area contributed by atoms with Crippen molar-refractivity contribution in [2.24, 2.45) is 5.10 Å². The highest BCUT2D eigenvalue weighted by atomic mass is 32.2. The predicted octanol–water partition coefficient (Wildman–Crippen LogP) is 3.75. The van der Waals surface area contributed by atoms with Crippen LogP contribution in [0.2, 0.25) is 0 Å². The molecule has 0 saturated carbocycles. The molecular formula is C21H18N4O4S2. The summed E-state index contributed by atoms with van der Waals surface area (Å²) in [5.41, 5.74) is 2.07. The number of thioether (sulfide) groups is 1. The van der Waals surface area contributed by atoms with E-state index in [-0.39, 0.29) is 6.61 Å². The third-order valence-corrected chi connectivity index (χ3v) is 6.16. The second-order valence-electron chi connectivity index (χ2n) is 6.32. The van der Waals surface area contributed by atoms with Gasteiger partial charge in [0.1, 0.15) is 0 Å². The fraction of sp³-hybridized carbons (Fsp3) is 0.190. The van der Waals surface area contributed by atoms with Gasteiger partial charge in [0.25, 0.3) is 0 Å². The Morgan fingerprint density at radius 2 is 2.00 bits per heavy atom. The maximum absolute atomic E-state index is 12.7. The van der Waals surface area contributed by atoms with Crippen LogP contribution in [0.25, 0.3) is 16.8 Å². The van der Waals surface area contributed by atoms with Gasteiger partial charge >= 0.3 is 11.9 Å². The van der Waals surface area contributed by atoms with Crippen molar-refractivity contribution >= 4 is 46.8 Å². The molecule has 1 aromatic carbocycles. The fourth-order valence-electron chi connectivity index (χ4n) is 2.89. The van der Waals surface area contributed by atoms with Crippen LogP contribution in [-0.2, 0) is 14.3 Å². The van der Waals surface area contributed by atoms with Crippen LogP contribution in [0.4, 0.5) is 0 Å². The van der Waals surface area contributed by atoms with Gasteiger partial charge in [-0.05, 0) is 42.1 Å². The molecule has 0 radical (unpaired) electrons. The van der Waals surface area contributed by atoms with Crippen LogP contribution in [-0.4, -0.2) is 52.0 Å². The number of methoxy groups -OCH3 is 1. The number of fused-ring (bicyclic) bond motifs is 1. The van der Waals surface area contributed by atoms with Crippen LogP contribution in [0.5, 0.6) is 0 Å². The van der Waals surface area contributed by atoms with E-state index in [1.807, 2.05) is 17.5 Å². The number of carbonyl (C=O) groups is 2. The average Bonchev–Trinajstić information content (AvgIpc) is 3.46. The minimum atomic E-state index is -0.465. The first-order chi connectivity index (χ1) is 15.1. The number of hydrogen-bond donors (Lipinski definition) is 0. The Morgan fingerprint density at radius 3 is 2.68 bits per heavy atom.